The largest absolute Gasteiger partial charge is 0.573 e. The third kappa shape index (κ3) is 4.84. The molecule has 2 heterocycles. The van der Waals surface area contributed by atoms with E-state index in [2.05, 4.69) is 4.74 Å². The van der Waals surface area contributed by atoms with Crippen molar-refractivity contribution in [3.05, 3.63) is 95.3 Å². The third-order valence-electron chi connectivity index (χ3n) is 9.97. The molecule has 1 saturated carbocycles. The van der Waals surface area contributed by atoms with Gasteiger partial charge in [-0.2, -0.15) is 0 Å². The number of hydrogen-bond acceptors (Lipinski definition) is 7. The molecule has 2 aliphatic heterocycles. The van der Waals surface area contributed by atoms with Crippen LogP contribution in [-0.2, 0) is 19.2 Å². The van der Waals surface area contributed by atoms with Gasteiger partial charge in [0, 0.05) is 17.0 Å². The fraction of sp³-hybridized carbons (Fsp3) is 0.286. The van der Waals surface area contributed by atoms with E-state index in [0.717, 1.165) is 47.4 Å². The number of amides is 4. The summed E-state index contributed by atoms with van der Waals surface area (Å²) < 4.78 is 57.9. The molecule has 50 heavy (non-hydrogen) atoms. The van der Waals surface area contributed by atoms with Gasteiger partial charge in [0.15, 0.2) is 15.5 Å². The number of Topliss-reactive ketones (excluding diaryl/α,β-unsaturated/α-hetero) is 1. The van der Waals surface area contributed by atoms with Gasteiger partial charge >= 0.3 is 6.36 Å². The van der Waals surface area contributed by atoms with E-state index in [4.69, 9.17) is 23.2 Å². The van der Waals surface area contributed by atoms with Gasteiger partial charge in [0.1, 0.15) is 17.3 Å². The fourth-order valence-corrected chi connectivity index (χ4v) is 8.73. The maximum atomic E-state index is 14.4. The molecule has 4 amide bonds. The van der Waals surface area contributed by atoms with Crippen LogP contribution >= 0.6 is 23.2 Å². The maximum absolute atomic E-state index is 14.4. The summed E-state index contributed by atoms with van der Waals surface area (Å²) in [4.78, 5) is 65.3. The van der Waals surface area contributed by atoms with E-state index in [9.17, 15) is 46.6 Å². The minimum absolute atomic E-state index is 0.0643. The Labute approximate surface area is 291 Å². The van der Waals surface area contributed by atoms with Crippen LogP contribution in [0.2, 0.25) is 0 Å². The Morgan fingerprint density at radius 1 is 0.880 bits per heavy atom. The molecule has 0 aromatic heterocycles. The molecule has 0 radical (unpaired) electrons. The van der Waals surface area contributed by atoms with Crippen molar-refractivity contribution in [2.75, 3.05) is 9.80 Å². The van der Waals surface area contributed by atoms with E-state index < -0.39 is 87.1 Å². The van der Waals surface area contributed by atoms with E-state index >= 15 is 0 Å². The molecule has 2 saturated heterocycles. The average Bonchev–Trinajstić information content (AvgIpc) is 3.39. The van der Waals surface area contributed by atoms with Gasteiger partial charge in [-0.05, 0) is 92.4 Å². The maximum Gasteiger partial charge on any atom is 0.573 e. The Balaban J connectivity index is 1.39. The highest BCUT2D eigenvalue weighted by atomic mass is 35.5. The van der Waals surface area contributed by atoms with Crippen molar-refractivity contribution in [1.29, 1.82) is 0 Å². The summed E-state index contributed by atoms with van der Waals surface area (Å²) in [6, 6.07) is 12.6. The Morgan fingerprint density at radius 2 is 1.50 bits per heavy atom. The Kier molecular flexibility index (Phi) is 7.68. The molecule has 258 valence electrons. The summed E-state index contributed by atoms with van der Waals surface area (Å²) >= 11 is 14.5. The number of alkyl halides is 5. The summed E-state index contributed by atoms with van der Waals surface area (Å²) in [5, 5.41) is 11.1. The Hall–Kier alpha value is -4.75. The lowest BCUT2D eigenvalue weighted by Gasteiger charge is -2.50. The fourth-order valence-electron chi connectivity index (χ4n) is 7.80. The number of ketones is 1. The SMILES string of the molecule is CC(=O)c1ccc(N2C(=O)C3CC=C4C(CC5(Cl)C(=O)N(c6ccc(F)cc6)C(=O)C5(Cl)C4c4cc(OC(F)(F)F)ccc4O)C3C2=O)cc1. The molecular weight excluding hydrogens is 707 g/mol. The predicted octanol–water partition coefficient (Wildman–Crippen LogP) is 6.40. The van der Waals surface area contributed by atoms with Crippen LogP contribution in [0.1, 0.15) is 41.6 Å². The van der Waals surface area contributed by atoms with Crippen LogP contribution in [0.5, 0.6) is 11.5 Å². The first-order valence-electron chi connectivity index (χ1n) is 15.3. The number of fused-ring (bicyclic) bond motifs is 4. The molecule has 3 fully saturated rings. The zero-order valence-electron chi connectivity index (χ0n) is 25.7. The summed E-state index contributed by atoms with van der Waals surface area (Å²) in [5.41, 5.74) is 0.282. The lowest BCUT2D eigenvalue weighted by molar-refractivity contribution is -0.274. The van der Waals surface area contributed by atoms with Crippen molar-refractivity contribution in [3.8, 4) is 11.5 Å². The monoisotopic (exact) mass is 730 g/mol. The highest BCUT2D eigenvalue weighted by molar-refractivity contribution is 6.58. The number of carbonyl (C=O) groups is 5. The number of allylic oxidation sites excluding steroid dienone is 2. The molecule has 6 atom stereocenters. The highest BCUT2D eigenvalue weighted by Crippen LogP contribution is 2.66. The van der Waals surface area contributed by atoms with Crippen molar-refractivity contribution in [2.45, 2.75) is 41.8 Å². The topological polar surface area (TPSA) is 121 Å². The van der Waals surface area contributed by atoms with Gasteiger partial charge in [-0.3, -0.25) is 28.9 Å². The smallest absolute Gasteiger partial charge is 0.508 e. The molecule has 0 bridgehead atoms. The van der Waals surface area contributed by atoms with Gasteiger partial charge in [-0.25, -0.2) is 9.29 Å². The molecule has 7 rings (SSSR count). The molecule has 6 unspecified atom stereocenters. The molecule has 1 N–H and O–H groups in total. The molecule has 4 aliphatic rings. The predicted molar refractivity (Wildman–Crippen MR) is 170 cm³/mol. The van der Waals surface area contributed by atoms with E-state index in [1.165, 1.54) is 31.2 Å². The number of ether oxygens (including phenoxy) is 1. The second-order valence-electron chi connectivity index (χ2n) is 12.6. The summed E-state index contributed by atoms with van der Waals surface area (Å²) in [5.74, 6) is -10.5. The third-order valence-corrected chi connectivity index (χ3v) is 11.4. The molecule has 3 aromatic carbocycles. The van der Waals surface area contributed by atoms with Crippen LogP contribution in [0, 0.1) is 23.6 Å². The number of phenolic OH excluding ortho intramolecular Hbond substituents is 1. The molecule has 0 spiro atoms. The number of rotatable bonds is 5. The van der Waals surface area contributed by atoms with E-state index in [1.54, 1.807) is 6.08 Å². The summed E-state index contributed by atoms with van der Waals surface area (Å²) in [7, 11) is 0. The zero-order chi connectivity index (χ0) is 36.1. The number of carbonyl (C=O) groups excluding carboxylic acids is 5. The standard InChI is InChI=1S/C35H24Cl2F4N2O7/c1-16(44)17-2-6-19(7-3-17)42-29(46)23-12-11-22-25(27(23)30(42)47)15-33(36)31(48)43(20-8-4-18(38)5-9-20)32(49)34(33,37)28(22)24-14-21(10-13-26(24)45)50-35(39,40)41/h2-11,13-14,23,25,27-28,45H,12,15H2,1H3. The lowest BCUT2D eigenvalue weighted by atomic mass is 9.56. The van der Waals surface area contributed by atoms with Crippen LogP contribution in [0.3, 0.4) is 0 Å². The van der Waals surface area contributed by atoms with Gasteiger partial charge in [-0.1, -0.05) is 11.6 Å². The highest BCUT2D eigenvalue weighted by Gasteiger charge is 2.77. The van der Waals surface area contributed by atoms with Crippen LogP contribution < -0.4 is 14.5 Å². The summed E-state index contributed by atoms with van der Waals surface area (Å²) in [6.07, 6.45) is -4.12. The molecule has 9 nitrogen and oxygen atoms in total. The van der Waals surface area contributed by atoms with Gasteiger partial charge in [0.2, 0.25) is 11.8 Å². The first kappa shape index (κ1) is 33.7. The van der Waals surface area contributed by atoms with Gasteiger partial charge in [-0.15, -0.1) is 36.4 Å². The Morgan fingerprint density at radius 3 is 2.12 bits per heavy atom. The average molecular weight is 731 g/mol. The van der Waals surface area contributed by atoms with Crippen molar-refractivity contribution in [3.63, 3.8) is 0 Å². The van der Waals surface area contributed by atoms with Crippen LogP contribution in [0.25, 0.3) is 0 Å². The van der Waals surface area contributed by atoms with E-state index in [0.29, 0.717) is 10.5 Å². The van der Waals surface area contributed by atoms with Crippen molar-refractivity contribution in [1.82, 2.24) is 0 Å². The molecule has 15 heteroatoms. The first-order chi connectivity index (χ1) is 23.5. The minimum Gasteiger partial charge on any atom is -0.508 e. The van der Waals surface area contributed by atoms with Crippen molar-refractivity contribution < 1.29 is 51.4 Å². The van der Waals surface area contributed by atoms with E-state index in [1.807, 2.05) is 0 Å². The normalized spacial score (nSPS) is 29.1. The minimum atomic E-state index is -5.14. The zero-order valence-corrected chi connectivity index (χ0v) is 27.2. The van der Waals surface area contributed by atoms with Crippen molar-refractivity contribution >= 4 is 64.0 Å². The second kappa shape index (κ2) is 11.4. The molecular formula is C35H24Cl2F4N2O7. The quantitative estimate of drug-likeness (QED) is 0.106. The number of nitrogens with zero attached hydrogens (tertiary/aromatic N) is 2. The van der Waals surface area contributed by atoms with Gasteiger partial charge in [0.25, 0.3) is 11.8 Å². The number of anilines is 2. The number of aromatic hydroxyl groups is 1. The molecule has 2 aliphatic carbocycles. The van der Waals surface area contributed by atoms with Crippen LogP contribution in [-0.4, -0.2) is 50.6 Å². The summed E-state index contributed by atoms with van der Waals surface area (Å²) in [6.45, 7) is 1.36. The number of benzene rings is 3. The van der Waals surface area contributed by atoms with Gasteiger partial charge < -0.3 is 9.84 Å². The van der Waals surface area contributed by atoms with Crippen LogP contribution in [0.15, 0.2) is 78.4 Å². The van der Waals surface area contributed by atoms with E-state index in [-0.39, 0.29) is 34.7 Å². The second-order valence-corrected chi connectivity index (χ2v) is 13.9. The van der Waals surface area contributed by atoms with Gasteiger partial charge in [0.05, 0.1) is 23.2 Å². The number of halogens is 6. The number of hydrogen-bond donors (Lipinski definition) is 1. The number of phenols is 1. The number of imide groups is 2. The van der Waals surface area contributed by atoms with Crippen molar-refractivity contribution in [2.24, 2.45) is 17.8 Å². The lowest BCUT2D eigenvalue weighted by Crippen LogP contribution is -2.60. The Bertz CT molecular complexity index is 2040. The van der Waals surface area contributed by atoms with Crippen LogP contribution in [0.4, 0.5) is 28.9 Å². The molecule has 3 aromatic rings. The first-order valence-corrected chi connectivity index (χ1v) is 16.0.